The average molecular weight is 291 g/mol. The second kappa shape index (κ2) is 6.72. The Bertz CT molecular complexity index is 541. The molecule has 2 rings (SSSR count). The van der Waals surface area contributed by atoms with E-state index < -0.39 is 12.0 Å². The number of rotatable bonds is 3. The number of esters is 1. The van der Waals surface area contributed by atoms with Crippen LogP contribution in [-0.4, -0.2) is 49.7 Å². The van der Waals surface area contributed by atoms with Crippen LogP contribution in [0.2, 0.25) is 0 Å². The Balaban J connectivity index is 2.10. The molecule has 0 aliphatic carbocycles. The predicted molar refractivity (Wildman–Crippen MR) is 78.0 cm³/mol. The Morgan fingerprint density at radius 2 is 2.10 bits per heavy atom. The Morgan fingerprint density at radius 3 is 2.76 bits per heavy atom. The summed E-state index contributed by atoms with van der Waals surface area (Å²) in [4.78, 5) is 25.8. The highest BCUT2D eigenvalue weighted by Crippen LogP contribution is 2.14. The molecule has 114 valence electrons. The highest BCUT2D eigenvalue weighted by atomic mass is 16.5. The second-order valence-corrected chi connectivity index (χ2v) is 5.30. The van der Waals surface area contributed by atoms with E-state index in [-0.39, 0.29) is 18.9 Å². The zero-order valence-electron chi connectivity index (χ0n) is 12.7. The highest BCUT2D eigenvalue weighted by molar-refractivity contribution is 5.86. The van der Waals surface area contributed by atoms with Gasteiger partial charge in [0.25, 0.3) is 0 Å². The SMILES string of the molecule is COC(=O)C1COCCN1C(=O)Cc1ccc(C)c(C)c1. The van der Waals surface area contributed by atoms with Crippen LogP contribution < -0.4 is 0 Å². The van der Waals surface area contributed by atoms with Crippen LogP contribution in [-0.2, 0) is 25.5 Å². The molecular weight excluding hydrogens is 270 g/mol. The maximum absolute atomic E-state index is 12.5. The fourth-order valence-electron chi connectivity index (χ4n) is 2.42. The molecule has 1 aromatic carbocycles. The van der Waals surface area contributed by atoms with Gasteiger partial charge in [-0.3, -0.25) is 4.79 Å². The largest absolute Gasteiger partial charge is 0.467 e. The van der Waals surface area contributed by atoms with Crippen LogP contribution in [0.4, 0.5) is 0 Å². The number of nitrogens with zero attached hydrogens (tertiary/aromatic N) is 1. The zero-order valence-corrected chi connectivity index (χ0v) is 12.7. The van der Waals surface area contributed by atoms with Crippen molar-refractivity contribution in [1.29, 1.82) is 0 Å². The molecule has 1 unspecified atom stereocenters. The first-order valence-electron chi connectivity index (χ1n) is 7.04. The van der Waals surface area contributed by atoms with Crippen LogP contribution in [0.5, 0.6) is 0 Å². The van der Waals surface area contributed by atoms with E-state index in [4.69, 9.17) is 9.47 Å². The fraction of sp³-hybridized carbons (Fsp3) is 0.500. The van der Waals surface area contributed by atoms with Crippen molar-refractivity contribution in [2.24, 2.45) is 0 Å². The van der Waals surface area contributed by atoms with Crippen LogP contribution >= 0.6 is 0 Å². The van der Waals surface area contributed by atoms with Gasteiger partial charge in [0.1, 0.15) is 0 Å². The summed E-state index contributed by atoms with van der Waals surface area (Å²) in [5.41, 5.74) is 3.31. The first-order chi connectivity index (χ1) is 10.0. The fourth-order valence-corrected chi connectivity index (χ4v) is 2.42. The van der Waals surface area contributed by atoms with Gasteiger partial charge in [-0.05, 0) is 30.5 Å². The van der Waals surface area contributed by atoms with Crippen LogP contribution in [0, 0.1) is 13.8 Å². The van der Waals surface area contributed by atoms with E-state index in [9.17, 15) is 9.59 Å². The van der Waals surface area contributed by atoms with Crippen molar-refractivity contribution in [2.75, 3.05) is 26.9 Å². The van der Waals surface area contributed by atoms with Crippen LogP contribution in [0.3, 0.4) is 0 Å². The van der Waals surface area contributed by atoms with E-state index in [0.29, 0.717) is 13.2 Å². The summed E-state index contributed by atoms with van der Waals surface area (Å²) >= 11 is 0. The minimum atomic E-state index is -0.636. The lowest BCUT2D eigenvalue weighted by Gasteiger charge is -2.33. The number of carbonyl (C=O) groups is 2. The van der Waals surface area contributed by atoms with Gasteiger partial charge in [0.15, 0.2) is 6.04 Å². The van der Waals surface area contributed by atoms with Gasteiger partial charge in [0.2, 0.25) is 5.91 Å². The first kappa shape index (κ1) is 15.5. The number of hydrogen-bond acceptors (Lipinski definition) is 4. The van der Waals surface area contributed by atoms with Crippen LogP contribution in [0.25, 0.3) is 0 Å². The van der Waals surface area contributed by atoms with Gasteiger partial charge in [-0.1, -0.05) is 18.2 Å². The van der Waals surface area contributed by atoms with Crippen LogP contribution in [0.1, 0.15) is 16.7 Å². The van der Waals surface area contributed by atoms with Crippen molar-refractivity contribution in [2.45, 2.75) is 26.3 Å². The van der Waals surface area contributed by atoms with Crippen molar-refractivity contribution >= 4 is 11.9 Å². The molecule has 1 heterocycles. The van der Waals surface area contributed by atoms with E-state index in [2.05, 4.69) is 0 Å². The van der Waals surface area contributed by atoms with E-state index in [1.54, 1.807) is 4.90 Å². The van der Waals surface area contributed by atoms with Crippen molar-refractivity contribution in [3.63, 3.8) is 0 Å². The van der Waals surface area contributed by atoms with Gasteiger partial charge in [0.05, 0.1) is 26.7 Å². The van der Waals surface area contributed by atoms with E-state index in [0.717, 1.165) is 11.1 Å². The summed E-state index contributed by atoms with van der Waals surface area (Å²) < 4.78 is 10.0. The quantitative estimate of drug-likeness (QED) is 0.786. The molecule has 0 N–H and O–H groups in total. The van der Waals surface area contributed by atoms with Gasteiger partial charge in [0, 0.05) is 6.54 Å². The van der Waals surface area contributed by atoms with E-state index in [1.807, 2.05) is 32.0 Å². The van der Waals surface area contributed by atoms with Gasteiger partial charge in [-0.2, -0.15) is 0 Å². The molecule has 1 aliphatic heterocycles. The minimum Gasteiger partial charge on any atom is -0.467 e. The van der Waals surface area contributed by atoms with Gasteiger partial charge >= 0.3 is 5.97 Å². The second-order valence-electron chi connectivity index (χ2n) is 5.30. The normalized spacial score (nSPS) is 18.4. The third-order valence-corrected chi connectivity index (χ3v) is 3.85. The van der Waals surface area contributed by atoms with Crippen molar-refractivity contribution in [3.05, 3.63) is 34.9 Å². The lowest BCUT2D eigenvalue weighted by atomic mass is 10.0. The Morgan fingerprint density at radius 1 is 1.33 bits per heavy atom. The third-order valence-electron chi connectivity index (χ3n) is 3.85. The summed E-state index contributed by atoms with van der Waals surface area (Å²) in [6.07, 6.45) is 0.286. The standard InChI is InChI=1S/C16H21NO4/c1-11-4-5-13(8-12(11)2)9-15(18)17-6-7-21-10-14(17)16(19)20-3/h4-5,8,14H,6-7,9-10H2,1-3H3. The number of morpholine rings is 1. The molecule has 1 saturated heterocycles. The minimum absolute atomic E-state index is 0.0723. The molecule has 5 nitrogen and oxygen atoms in total. The predicted octanol–water partition coefficient (Wildman–Crippen LogP) is 1.25. The number of carbonyl (C=O) groups excluding carboxylic acids is 2. The summed E-state index contributed by atoms with van der Waals surface area (Å²) in [6, 6.07) is 5.34. The first-order valence-corrected chi connectivity index (χ1v) is 7.04. The molecule has 1 atom stereocenters. The van der Waals surface area contributed by atoms with E-state index >= 15 is 0 Å². The number of amides is 1. The van der Waals surface area contributed by atoms with Crippen LogP contribution in [0.15, 0.2) is 18.2 Å². The summed E-state index contributed by atoms with van der Waals surface area (Å²) in [7, 11) is 1.32. The number of methoxy groups -OCH3 is 1. The average Bonchev–Trinajstić information content (AvgIpc) is 2.50. The van der Waals surface area contributed by atoms with Crippen molar-refractivity contribution < 1.29 is 19.1 Å². The molecule has 0 radical (unpaired) electrons. The molecule has 1 aromatic rings. The maximum Gasteiger partial charge on any atom is 0.331 e. The lowest BCUT2D eigenvalue weighted by molar-refractivity contribution is -0.160. The van der Waals surface area contributed by atoms with Gasteiger partial charge < -0.3 is 14.4 Å². The molecule has 0 spiro atoms. The summed E-state index contributed by atoms with van der Waals surface area (Å²) in [5, 5.41) is 0. The summed E-state index contributed by atoms with van der Waals surface area (Å²) in [5.74, 6) is -0.500. The molecule has 0 aromatic heterocycles. The van der Waals surface area contributed by atoms with Gasteiger partial charge in [-0.25, -0.2) is 4.79 Å². The zero-order chi connectivity index (χ0) is 15.4. The monoisotopic (exact) mass is 291 g/mol. The molecular formula is C16H21NO4. The summed E-state index contributed by atoms with van der Waals surface area (Å²) in [6.45, 7) is 5.13. The number of aryl methyl sites for hydroxylation is 2. The van der Waals surface area contributed by atoms with Gasteiger partial charge in [-0.15, -0.1) is 0 Å². The van der Waals surface area contributed by atoms with Crippen molar-refractivity contribution in [3.8, 4) is 0 Å². The Labute approximate surface area is 124 Å². The molecule has 0 bridgehead atoms. The number of ether oxygens (including phenoxy) is 2. The molecule has 1 aliphatic rings. The molecule has 21 heavy (non-hydrogen) atoms. The third kappa shape index (κ3) is 3.61. The number of benzene rings is 1. The molecule has 5 heteroatoms. The highest BCUT2D eigenvalue weighted by Gasteiger charge is 2.33. The maximum atomic E-state index is 12.5. The Hall–Kier alpha value is -1.88. The smallest absolute Gasteiger partial charge is 0.331 e. The number of hydrogen-bond donors (Lipinski definition) is 0. The topological polar surface area (TPSA) is 55.8 Å². The van der Waals surface area contributed by atoms with Crippen molar-refractivity contribution in [1.82, 2.24) is 4.90 Å². The molecule has 1 amide bonds. The molecule has 0 saturated carbocycles. The molecule has 1 fully saturated rings. The van der Waals surface area contributed by atoms with E-state index in [1.165, 1.54) is 12.7 Å². The lowest BCUT2D eigenvalue weighted by Crippen LogP contribution is -2.53. The Kier molecular flexibility index (Phi) is 4.96.